The maximum absolute atomic E-state index is 10.2. The number of carboxylic acid groups (broad SMARTS) is 2. The Morgan fingerprint density at radius 3 is 1.62 bits per heavy atom. The van der Waals surface area contributed by atoms with Crippen molar-refractivity contribution in [2.24, 2.45) is 0 Å². The summed E-state index contributed by atoms with van der Waals surface area (Å²) < 4.78 is 28.7. The number of carbonyl (C=O) groups is 2. The van der Waals surface area contributed by atoms with E-state index < -0.39 is 33.7 Å². The largest absolute Gasteiger partial charge is 0.508 e. The molecule has 190 valence electrons. The van der Waals surface area contributed by atoms with Gasteiger partial charge >= 0.3 is 11.9 Å². The van der Waals surface area contributed by atoms with Crippen LogP contribution < -0.4 is 0 Å². The third-order valence-electron chi connectivity index (χ3n) is 4.66. The Morgan fingerprint density at radius 1 is 0.794 bits per heavy atom. The zero-order valence-corrected chi connectivity index (χ0v) is 20.4. The first-order valence-electron chi connectivity index (χ1n) is 11.3. The van der Waals surface area contributed by atoms with Gasteiger partial charge in [-0.05, 0) is 30.5 Å². The van der Waals surface area contributed by atoms with Crippen LogP contribution in [0.4, 0.5) is 0 Å². The monoisotopic (exact) mass is 496 g/mol. The van der Waals surface area contributed by atoms with Gasteiger partial charge in [0.05, 0.1) is 6.42 Å². The lowest BCUT2D eigenvalue weighted by molar-refractivity contribution is -0.143. The van der Waals surface area contributed by atoms with Gasteiger partial charge in [0.2, 0.25) is 0 Å². The van der Waals surface area contributed by atoms with Gasteiger partial charge in [0, 0.05) is 0 Å². The lowest BCUT2D eigenvalue weighted by atomic mass is 10.0. The first-order valence-corrected chi connectivity index (χ1v) is 12.8. The Hall–Kier alpha value is -2.91. The quantitative estimate of drug-likeness (QED) is 0.232. The molecular formula is C25H36O8S. The molecule has 8 nitrogen and oxygen atoms in total. The van der Waals surface area contributed by atoms with Crippen LogP contribution in [0.15, 0.2) is 60.7 Å². The molecule has 9 heteroatoms. The van der Waals surface area contributed by atoms with Crippen molar-refractivity contribution in [3.63, 3.8) is 0 Å². The van der Waals surface area contributed by atoms with Crippen LogP contribution in [0, 0.1) is 0 Å². The van der Waals surface area contributed by atoms with Crippen LogP contribution in [0.1, 0.15) is 63.9 Å². The number of aryl methyl sites for hydroxylation is 1. The van der Waals surface area contributed by atoms with Gasteiger partial charge in [-0.15, -0.1) is 0 Å². The average Bonchev–Trinajstić information content (AvgIpc) is 2.78. The molecule has 2 rings (SSSR count). The van der Waals surface area contributed by atoms with Gasteiger partial charge in [0.15, 0.2) is 5.25 Å². The van der Waals surface area contributed by atoms with Crippen LogP contribution in [0.3, 0.4) is 0 Å². The summed E-state index contributed by atoms with van der Waals surface area (Å²) in [6.45, 7) is 2.27. The van der Waals surface area contributed by atoms with E-state index in [9.17, 15) is 18.0 Å². The molecule has 4 N–H and O–H groups in total. The van der Waals surface area contributed by atoms with Crippen molar-refractivity contribution < 1.29 is 37.9 Å². The second-order valence-corrected chi connectivity index (χ2v) is 9.23. The Labute approximate surface area is 202 Å². The third-order valence-corrected chi connectivity index (χ3v) is 5.75. The predicted octanol–water partition coefficient (Wildman–Crippen LogP) is 5.17. The Kier molecular flexibility index (Phi) is 16.9. The van der Waals surface area contributed by atoms with Crippen molar-refractivity contribution in [1.82, 2.24) is 0 Å². The number of phenolic OH excluding ortho intramolecular Hbond substituents is 1. The highest BCUT2D eigenvalue weighted by molar-refractivity contribution is 7.87. The fourth-order valence-electron chi connectivity index (χ4n) is 2.84. The van der Waals surface area contributed by atoms with Gasteiger partial charge in [-0.3, -0.25) is 14.1 Å². The Morgan fingerprint density at radius 2 is 1.26 bits per heavy atom. The highest BCUT2D eigenvalue weighted by atomic mass is 32.2. The maximum Gasteiger partial charge on any atom is 0.325 e. The number of hydrogen-bond donors (Lipinski definition) is 4. The molecule has 0 saturated heterocycles. The molecule has 0 bridgehead atoms. The second kappa shape index (κ2) is 18.5. The number of benzene rings is 2. The topological polar surface area (TPSA) is 149 Å². The van der Waals surface area contributed by atoms with Crippen LogP contribution >= 0.6 is 0 Å². The summed E-state index contributed by atoms with van der Waals surface area (Å²) in [6, 6.07) is 19.5. The molecule has 0 spiro atoms. The predicted molar refractivity (Wildman–Crippen MR) is 131 cm³/mol. The SMILES string of the molecule is CCCCCCCCCc1ccccc1.O=C(O)CC(C(=O)O)S(=O)(=O)O.Oc1ccccc1. The molecule has 1 atom stereocenters. The molecule has 0 aliphatic rings. The molecule has 0 fully saturated rings. The van der Waals surface area contributed by atoms with Crippen molar-refractivity contribution in [1.29, 1.82) is 0 Å². The lowest BCUT2D eigenvalue weighted by Crippen LogP contribution is -2.31. The number of para-hydroxylation sites is 1. The van der Waals surface area contributed by atoms with Crippen molar-refractivity contribution in [3.8, 4) is 5.75 Å². The fraction of sp³-hybridized carbons (Fsp3) is 0.440. The van der Waals surface area contributed by atoms with E-state index in [1.807, 2.05) is 6.07 Å². The first kappa shape index (κ1) is 31.1. The highest BCUT2D eigenvalue weighted by Crippen LogP contribution is 2.10. The number of carboxylic acids is 2. The van der Waals surface area contributed by atoms with Crippen molar-refractivity contribution in [2.75, 3.05) is 0 Å². The van der Waals surface area contributed by atoms with Crippen LogP contribution in [0.2, 0.25) is 0 Å². The van der Waals surface area contributed by atoms with Crippen LogP contribution in [-0.2, 0) is 26.1 Å². The van der Waals surface area contributed by atoms with Gasteiger partial charge in [0.25, 0.3) is 10.1 Å². The number of rotatable bonds is 12. The third kappa shape index (κ3) is 17.6. The number of hydrogen-bond acceptors (Lipinski definition) is 5. The van der Waals surface area contributed by atoms with Gasteiger partial charge in [0.1, 0.15) is 5.75 Å². The number of phenols is 1. The van der Waals surface area contributed by atoms with Crippen molar-refractivity contribution in [2.45, 2.75) is 70.0 Å². The summed E-state index contributed by atoms with van der Waals surface area (Å²) >= 11 is 0. The Bertz CT molecular complexity index is 899. The minimum absolute atomic E-state index is 0.322. The molecule has 0 aliphatic carbocycles. The second-order valence-electron chi connectivity index (χ2n) is 7.63. The molecule has 0 saturated carbocycles. The standard InChI is InChI=1S/C15H24.C6H6O.C4H6O7S/c1-2-3-4-5-6-7-9-12-15-13-10-8-11-14-15;7-6-4-2-1-3-5-6;5-3(6)1-2(4(7)8)12(9,10)11/h8,10-11,13-14H,2-7,9,12H2,1H3;1-5,7H;2H,1H2,(H,5,6)(H,7,8)(H,9,10,11). The smallest absolute Gasteiger partial charge is 0.325 e. The van der Waals surface area contributed by atoms with E-state index >= 15 is 0 Å². The van der Waals surface area contributed by atoms with Crippen molar-refractivity contribution in [3.05, 3.63) is 66.2 Å². The molecule has 0 aromatic heterocycles. The van der Waals surface area contributed by atoms with E-state index in [-0.39, 0.29) is 0 Å². The van der Waals surface area contributed by atoms with E-state index in [0.717, 1.165) is 0 Å². The zero-order chi connectivity index (χ0) is 25.8. The van der Waals surface area contributed by atoms with Gasteiger partial charge in [-0.2, -0.15) is 8.42 Å². The summed E-state index contributed by atoms with van der Waals surface area (Å²) in [7, 11) is -4.84. The number of aliphatic carboxylic acids is 2. The van der Waals surface area contributed by atoms with Crippen molar-refractivity contribution >= 4 is 22.1 Å². The summed E-state index contributed by atoms with van der Waals surface area (Å²) in [4.78, 5) is 20.0. The maximum atomic E-state index is 10.2. The van der Waals surface area contributed by atoms with E-state index in [2.05, 4.69) is 37.3 Å². The van der Waals surface area contributed by atoms with Crippen LogP contribution in [-0.4, -0.2) is 45.5 Å². The van der Waals surface area contributed by atoms with E-state index in [1.165, 1.54) is 56.9 Å². The summed E-state index contributed by atoms with van der Waals surface area (Å²) in [6.07, 6.45) is 9.91. The molecule has 0 amide bonds. The van der Waals surface area contributed by atoms with E-state index in [1.54, 1.807) is 24.3 Å². The summed E-state index contributed by atoms with van der Waals surface area (Å²) in [5.74, 6) is -3.18. The molecule has 0 aliphatic heterocycles. The zero-order valence-electron chi connectivity index (χ0n) is 19.5. The average molecular weight is 497 g/mol. The fourth-order valence-corrected chi connectivity index (χ4v) is 3.45. The Balaban J connectivity index is 0.000000511. The first-order chi connectivity index (χ1) is 16.1. The molecule has 2 aromatic carbocycles. The van der Waals surface area contributed by atoms with Crippen LogP contribution in [0.25, 0.3) is 0 Å². The summed E-state index contributed by atoms with van der Waals surface area (Å²) in [5.41, 5.74) is 1.49. The summed E-state index contributed by atoms with van der Waals surface area (Å²) in [5, 5.41) is 22.5. The van der Waals surface area contributed by atoms with Gasteiger partial charge in [-0.1, -0.05) is 94.0 Å². The normalized spacial score (nSPS) is 11.2. The molecule has 0 radical (unpaired) electrons. The molecule has 0 heterocycles. The molecule has 1 unspecified atom stereocenters. The minimum Gasteiger partial charge on any atom is -0.508 e. The van der Waals surface area contributed by atoms with E-state index in [0.29, 0.717) is 5.75 Å². The lowest BCUT2D eigenvalue weighted by Gasteiger charge is -2.04. The van der Waals surface area contributed by atoms with Crippen LogP contribution in [0.5, 0.6) is 5.75 Å². The highest BCUT2D eigenvalue weighted by Gasteiger charge is 2.33. The minimum atomic E-state index is -4.84. The molecule has 2 aromatic rings. The van der Waals surface area contributed by atoms with Gasteiger partial charge < -0.3 is 15.3 Å². The number of aromatic hydroxyl groups is 1. The molecule has 34 heavy (non-hydrogen) atoms. The number of unbranched alkanes of at least 4 members (excludes halogenated alkanes) is 6. The molecular weight excluding hydrogens is 460 g/mol. The van der Waals surface area contributed by atoms with Gasteiger partial charge in [-0.25, -0.2) is 0 Å². The van der Waals surface area contributed by atoms with E-state index in [4.69, 9.17) is 19.9 Å².